The van der Waals surface area contributed by atoms with Crippen molar-refractivity contribution in [3.63, 3.8) is 0 Å². The van der Waals surface area contributed by atoms with Gasteiger partial charge in [0.2, 0.25) is 5.54 Å². The van der Waals surface area contributed by atoms with Crippen LogP contribution in [-0.4, -0.2) is 47.2 Å². The van der Waals surface area contributed by atoms with Crippen molar-refractivity contribution in [3.8, 4) is 17.2 Å². The molecule has 2 saturated heterocycles. The van der Waals surface area contributed by atoms with Crippen LogP contribution in [0.5, 0.6) is 17.2 Å². The summed E-state index contributed by atoms with van der Waals surface area (Å²) < 4.78 is 53.1. The smallest absolute Gasteiger partial charge is 0.457 e. The van der Waals surface area contributed by atoms with E-state index >= 15 is 0 Å². The topological polar surface area (TPSA) is 119 Å². The number of ether oxygens (including phenoxy) is 3. The Hall–Kier alpha value is -4.49. The number of aromatic nitrogens is 1. The first-order valence-corrected chi connectivity index (χ1v) is 13.1. The minimum Gasteiger partial charge on any atom is -0.457 e. The first-order chi connectivity index (χ1) is 20.0. The van der Waals surface area contributed by atoms with Crippen LogP contribution in [0.4, 0.5) is 18.0 Å². The summed E-state index contributed by atoms with van der Waals surface area (Å²) in [5, 5.41) is 4.48. The van der Waals surface area contributed by atoms with E-state index in [1.54, 1.807) is 23.2 Å². The zero-order valence-corrected chi connectivity index (χ0v) is 22.3. The monoisotopic (exact) mass is 582 g/mol. The van der Waals surface area contributed by atoms with Crippen molar-refractivity contribution in [1.82, 2.24) is 20.5 Å². The van der Waals surface area contributed by atoms with Crippen LogP contribution in [0, 0.1) is 6.92 Å². The summed E-state index contributed by atoms with van der Waals surface area (Å²) in [6.07, 6.45) is -2.02. The Morgan fingerprint density at radius 3 is 2.07 bits per heavy atom. The number of likely N-dealkylation sites (tertiary alicyclic amines) is 1. The van der Waals surface area contributed by atoms with Crippen LogP contribution in [-0.2, 0) is 32.1 Å². The minimum absolute atomic E-state index is 0.244. The normalized spacial score (nSPS) is 19.7. The van der Waals surface area contributed by atoms with Gasteiger partial charge in [-0.1, -0.05) is 12.1 Å². The van der Waals surface area contributed by atoms with Crippen LogP contribution in [0.2, 0.25) is 0 Å². The molecule has 3 aliphatic heterocycles. The summed E-state index contributed by atoms with van der Waals surface area (Å²) in [6.45, 7) is 2.97. The molecular weight excluding hydrogens is 557 g/mol. The Morgan fingerprint density at radius 1 is 0.905 bits per heavy atom. The predicted molar refractivity (Wildman–Crippen MR) is 139 cm³/mol. The van der Waals surface area contributed by atoms with Gasteiger partial charge < -0.3 is 14.2 Å². The van der Waals surface area contributed by atoms with Crippen LogP contribution in [0.25, 0.3) is 0 Å². The Labute approximate surface area is 237 Å². The van der Waals surface area contributed by atoms with Crippen LogP contribution < -0.4 is 20.1 Å². The number of halogens is 3. The summed E-state index contributed by atoms with van der Waals surface area (Å²) in [7, 11) is 0. The number of fused-ring (bicyclic) bond motifs is 2. The molecule has 0 bridgehead atoms. The van der Waals surface area contributed by atoms with Gasteiger partial charge >= 0.3 is 12.4 Å². The number of carbonyl (C=O) groups excluding carboxylic acids is 3. The molecule has 2 N–H and O–H groups in total. The second-order valence-electron chi connectivity index (χ2n) is 10.4. The maximum Gasteiger partial charge on any atom is 0.573 e. The predicted octanol–water partition coefficient (Wildman–Crippen LogP) is 4.16. The zero-order chi connectivity index (χ0) is 29.7. The summed E-state index contributed by atoms with van der Waals surface area (Å²) in [5.41, 5.74) is 0.796. The number of barbiturate groups is 1. The first kappa shape index (κ1) is 27.7. The maximum absolute atomic E-state index is 13.5. The average Bonchev–Trinajstić information content (AvgIpc) is 3.27. The number of nitrogens with zero attached hydrogens (tertiary/aromatic N) is 2. The van der Waals surface area contributed by atoms with Crippen molar-refractivity contribution < 1.29 is 41.8 Å². The molecule has 0 aliphatic carbocycles. The van der Waals surface area contributed by atoms with Crippen LogP contribution >= 0.6 is 0 Å². The van der Waals surface area contributed by atoms with E-state index in [4.69, 9.17) is 9.47 Å². The third kappa shape index (κ3) is 4.84. The van der Waals surface area contributed by atoms with Crippen molar-refractivity contribution in [2.75, 3.05) is 13.1 Å². The standard InChI is InChI=1S/C29H25F3N4O6/c1-17-14-22-23(33-15-17)16-40-27(22)10-12-36(13-11-27)28(24(37)34-26(39)35-25(28)38)18-2-4-19(5-3-18)41-20-6-8-21(9-7-20)42-29(30,31)32/h2-9,14-15H,10-13,16H2,1H3,(H2,34,35,37,38,39). The molecule has 1 aromatic heterocycles. The molecule has 13 heteroatoms. The Morgan fingerprint density at radius 2 is 1.48 bits per heavy atom. The zero-order valence-electron chi connectivity index (χ0n) is 22.3. The summed E-state index contributed by atoms with van der Waals surface area (Å²) in [5.74, 6) is -1.38. The molecule has 2 fully saturated rings. The molecule has 4 heterocycles. The van der Waals surface area contributed by atoms with Gasteiger partial charge in [0.1, 0.15) is 17.2 Å². The van der Waals surface area contributed by atoms with E-state index in [0.717, 1.165) is 29.0 Å². The lowest BCUT2D eigenvalue weighted by Gasteiger charge is -2.48. The lowest BCUT2D eigenvalue weighted by atomic mass is 9.79. The molecule has 218 valence electrons. The van der Waals surface area contributed by atoms with E-state index in [1.807, 2.05) is 6.92 Å². The molecule has 2 aromatic carbocycles. The fourth-order valence-electron chi connectivity index (χ4n) is 5.87. The fourth-order valence-corrected chi connectivity index (χ4v) is 5.87. The quantitative estimate of drug-likeness (QED) is 0.431. The number of urea groups is 1. The molecule has 6 rings (SSSR count). The van der Waals surface area contributed by atoms with E-state index in [1.165, 1.54) is 24.3 Å². The molecule has 0 radical (unpaired) electrons. The number of pyridine rings is 1. The number of alkyl halides is 3. The molecular formula is C29H25F3N4O6. The number of benzene rings is 2. The number of rotatable bonds is 5. The molecule has 4 amide bonds. The Balaban J connectivity index is 1.25. The Bertz CT molecular complexity index is 1530. The van der Waals surface area contributed by atoms with Crippen molar-refractivity contribution in [3.05, 3.63) is 83.2 Å². The lowest BCUT2D eigenvalue weighted by molar-refractivity contribution is -0.274. The van der Waals surface area contributed by atoms with Crippen LogP contribution in [0.1, 0.15) is 35.2 Å². The second-order valence-corrected chi connectivity index (χ2v) is 10.4. The van der Waals surface area contributed by atoms with Crippen LogP contribution in [0.3, 0.4) is 0 Å². The van der Waals surface area contributed by atoms with E-state index < -0.39 is 41.1 Å². The third-order valence-electron chi connectivity index (χ3n) is 7.80. The summed E-state index contributed by atoms with van der Waals surface area (Å²) in [4.78, 5) is 45.3. The van der Waals surface area contributed by atoms with Crippen molar-refractivity contribution >= 4 is 17.8 Å². The van der Waals surface area contributed by atoms with Gasteiger partial charge in [0.25, 0.3) is 11.8 Å². The molecule has 3 aliphatic rings. The molecule has 0 unspecified atom stereocenters. The van der Waals surface area contributed by atoms with Gasteiger partial charge in [-0.05, 0) is 73.4 Å². The summed E-state index contributed by atoms with van der Waals surface area (Å²) >= 11 is 0. The van der Waals surface area contributed by atoms with Crippen molar-refractivity contribution in [1.29, 1.82) is 0 Å². The van der Waals surface area contributed by atoms with Gasteiger partial charge in [-0.3, -0.25) is 30.1 Å². The minimum atomic E-state index is -4.81. The molecule has 0 saturated carbocycles. The van der Waals surface area contributed by atoms with E-state index in [0.29, 0.717) is 43.9 Å². The van der Waals surface area contributed by atoms with Crippen molar-refractivity contribution in [2.24, 2.45) is 0 Å². The van der Waals surface area contributed by atoms with Gasteiger partial charge in [-0.15, -0.1) is 13.2 Å². The van der Waals surface area contributed by atoms with E-state index in [9.17, 15) is 27.6 Å². The maximum atomic E-state index is 13.5. The lowest BCUT2D eigenvalue weighted by Crippen LogP contribution is -2.72. The highest BCUT2D eigenvalue weighted by molar-refractivity contribution is 6.22. The number of amides is 4. The number of nitrogens with one attached hydrogen (secondary N) is 2. The van der Waals surface area contributed by atoms with Gasteiger partial charge in [-0.2, -0.15) is 0 Å². The van der Waals surface area contributed by atoms with Gasteiger partial charge in [0, 0.05) is 24.8 Å². The number of piperidine rings is 1. The average molecular weight is 583 g/mol. The second kappa shape index (κ2) is 10.1. The number of imide groups is 2. The van der Waals surface area contributed by atoms with E-state index in [-0.39, 0.29) is 5.75 Å². The largest absolute Gasteiger partial charge is 0.573 e. The molecule has 1 spiro atoms. The van der Waals surface area contributed by atoms with Crippen LogP contribution in [0.15, 0.2) is 60.8 Å². The molecule has 42 heavy (non-hydrogen) atoms. The van der Waals surface area contributed by atoms with E-state index in [2.05, 4.69) is 26.4 Å². The highest BCUT2D eigenvalue weighted by atomic mass is 19.4. The number of aryl methyl sites for hydroxylation is 1. The van der Waals surface area contributed by atoms with Gasteiger partial charge in [0.15, 0.2) is 0 Å². The third-order valence-corrected chi connectivity index (χ3v) is 7.80. The fraction of sp³-hybridized carbons (Fsp3) is 0.310. The molecule has 3 aromatic rings. The van der Waals surface area contributed by atoms with Gasteiger partial charge in [-0.25, -0.2) is 4.79 Å². The Kier molecular flexibility index (Phi) is 6.65. The highest BCUT2D eigenvalue weighted by Crippen LogP contribution is 2.46. The SMILES string of the molecule is Cc1cnc2c(c1)C1(CCN(C3(c4ccc(Oc5ccc(OC(F)(F)F)cc5)cc4)C(=O)NC(=O)NC3=O)CC1)OC2. The number of hydrogen-bond acceptors (Lipinski definition) is 8. The number of hydrogen-bond donors (Lipinski definition) is 2. The number of carbonyl (C=O) groups is 3. The van der Waals surface area contributed by atoms with Crippen molar-refractivity contribution in [2.45, 2.75) is 43.9 Å². The summed E-state index contributed by atoms with van der Waals surface area (Å²) in [6, 6.07) is 12.2. The van der Waals surface area contributed by atoms with Gasteiger partial charge in [0.05, 0.1) is 17.9 Å². The first-order valence-electron chi connectivity index (χ1n) is 13.1. The molecule has 10 nitrogen and oxygen atoms in total. The molecule has 0 atom stereocenters. The highest BCUT2D eigenvalue weighted by Gasteiger charge is 2.58.